The van der Waals surface area contributed by atoms with Gasteiger partial charge >= 0.3 is 5.91 Å². The molecule has 1 aliphatic rings. The monoisotopic (exact) mass is 558 g/mol. The Kier molecular flexibility index (Phi) is 7.25. The van der Waals surface area contributed by atoms with E-state index in [0.29, 0.717) is 40.1 Å². The number of carbonyl (C=O) groups is 2. The number of anilines is 1. The second-order valence-corrected chi connectivity index (χ2v) is 10.6. The van der Waals surface area contributed by atoms with Gasteiger partial charge in [0.15, 0.2) is 16.6 Å². The molecule has 9 heteroatoms. The Labute approximate surface area is 236 Å². The highest BCUT2D eigenvalue weighted by atomic mass is 32.1. The van der Waals surface area contributed by atoms with E-state index in [4.69, 9.17) is 19.2 Å². The van der Waals surface area contributed by atoms with Gasteiger partial charge in [-0.25, -0.2) is 4.98 Å². The third-order valence-corrected chi connectivity index (χ3v) is 7.94. The van der Waals surface area contributed by atoms with Crippen LogP contribution in [-0.4, -0.2) is 42.6 Å². The normalized spacial score (nSPS) is 16.6. The van der Waals surface area contributed by atoms with Gasteiger partial charge in [0.25, 0.3) is 5.78 Å². The van der Waals surface area contributed by atoms with E-state index in [1.807, 2.05) is 39.8 Å². The number of ketones is 1. The highest BCUT2D eigenvalue weighted by Crippen LogP contribution is 2.46. The lowest BCUT2D eigenvalue weighted by atomic mass is 9.94. The van der Waals surface area contributed by atoms with Crippen LogP contribution in [0.2, 0.25) is 0 Å². The van der Waals surface area contributed by atoms with E-state index in [9.17, 15) is 14.7 Å². The summed E-state index contributed by atoms with van der Waals surface area (Å²) < 4.78 is 17.5. The Balaban J connectivity index is 1.75. The molecule has 40 heavy (non-hydrogen) atoms. The number of carbonyl (C=O) groups excluding carboxylic acids is 2. The number of nitrogens with zero attached hydrogens (tertiary/aromatic N) is 2. The number of hydrogen-bond donors (Lipinski definition) is 1. The molecule has 0 aliphatic carbocycles. The molecule has 0 radical (unpaired) electrons. The minimum Gasteiger partial charge on any atom is -0.507 e. The molecular weight excluding hydrogens is 528 g/mol. The molecule has 3 aromatic carbocycles. The van der Waals surface area contributed by atoms with Gasteiger partial charge in [-0.1, -0.05) is 23.5 Å². The maximum Gasteiger partial charge on any atom is 0.301 e. The SMILES string of the molecule is CCOc1ccc(C2C(=C(O)c3ccc(OC)c(C)c3)C(=O)C(=O)N2c2nc3c(C)cc(C)cc3s2)cc1OC. The van der Waals surface area contributed by atoms with Gasteiger partial charge in [-0.15, -0.1) is 0 Å². The molecule has 8 nitrogen and oxygen atoms in total. The van der Waals surface area contributed by atoms with Crippen molar-refractivity contribution in [3.8, 4) is 17.2 Å². The standard InChI is InChI=1S/C31H30N2O6S/c1-7-39-22-11-8-19(15-23(22)38-6)27-25(28(34)20-9-10-21(37-5)17(3)14-20)29(35)30(36)33(27)31-32-26-18(4)12-16(2)13-24(26)40-31/h8-15,27,34H,7H2,1-6H3. The molecule has 0 bridgehead atoms. The topological polar surface area (TPSA) is 98.2 Å². The lowest BCUT2D eigenvalue weighted by Gasteiger charge is -2.24. The number of rotatable bonds is 7. The van der Waals surface area contributed by atoms with Crippen molar-refractivity contribution in [2.75, 3.05) is 25.7 Å². The van der Waals surface area contributed by atoms with Crippen LogP contribution >= 0.6 is 11.3 Å². The number of benzene rings is 3. The number of hydrogen-bond acceptors (Lipinski definition) is 8. The molecule has 1 N–H and O–H groups in total. The number of amides is 1. The number of fused-ring (bicyclic) bond motifs is 1. The lowest BCUT2D eigenvalue weighted by Crippen LogP contribution is -2.29. The number of ether oxygens (including phenoxy) is 3. The van der Waals surface area contributed by atoms with E-state index in [1.54, 1.807) is 43.5 Å². The van der Waals surface area contributed by atoms with Crippen LogP contribution in [0.15, 0.2) is 54.1 Å². The predicted molar refractivity (Wildman–Crippen MR) is 156 cm³/mol. The molecule has 1 aromatic heterocycles. The van der Waals surface area contributed by atoms with Gasteiger partial charge in [0.05, 0.1) is 42.7 Å². The summed E-state index contributed by atoms with van der Waals surface area (Å²) in [5, 5.41) is 11.9. The minimum atomic E-state index is -0.950. The van der Waals surface area contributed by atoms with Gasteiger partial charge in [-0.2, -0.15) is 0 Å². The lowest BCUT2D eigenvalue weighted by molar-refractivity contribution is -0.132. The smallest absolute Gasteiger partial charge is 0.301 e. The highest BCUT2D eigenvalue weighted by molar-refractivity contribution is 7.22. The number of aromatic nitrogens is 1. The van der Waals surface area contributed by atoms with E-state index in [1.165, 1.54) is 23.3 Å². The van der Waals surface area contributed by atoms with Crippen molar-refractivity contribution in [2.45, 2.75) is 33.7 Å². The summed E-state index contributed by atoms with van der Waals surface area (Å²) in [5.74, 6) is -0.222. The number of Topliss-reactive ketones (excluding diaryl/α,β-unsaturated/α-hetero) is 1. The average molecular weight is 559 g/mol. The zero-order chi connectivity index (χ0) is 28.7. The van der Waals surface area contributed by atoms with Crippen molar-refractivity contribution in [1.29, 1.82) is 0 Å². The van der Waals surface area contributed by atoms with Gasteiger partial charge in [0, 0.05) is 5.56 Å². The van der Waals surface area contributed by atoms with Crippen LogP contribution in [0.1, 0.15) is 40.8 Å². The highest BCUT2D eigenvalue weighted by Gasteiger charge is 2.48. The summed E-state index contributed by atoms with van der Waals surface area (Å²) in [4.78, 5) is 33.5. The van der Waals surface area contributed by atoms with E-state index < -0.39 is 17.7 Å². The van der Waals surface area contributed by atoms with Gasteiger partial charge < -0.3 is 19.3 Å². The molecule has 1 amide bonds. The maximum atomic E-state index is 13.7. The van der Waals surface area contributed by atoms with Crippen LogP contribution in [0, 0.1) is 20.8 Å². The van der Waals surface area contributed by atoms with E-state index in [-0.39, 0.29) is 11.3 Å². The molecule has 5 rings (SSSR count). The summed E-state index contributed by atoms with van der Waals surface area (Å²) in [5.41, 5.74) is 4.52. The van der Waals surface area contributed by atoms with Crippen molar-refractivity contribution in [3.05, 3.63) is 81.9 Å². The minimum absolute atomic E-state index is 0.0343. The molecule has 206 valence electrons. The summed E-state index contributed by atoms with van der Waals surface area (Å²) in [6.07, 6.45) is 0. The Morgan fingerprint density at radius 2 is 1.68 bits per heavy atom. The van der Waals surface area contributed by atoms with Gasteiger partial charge in [0.1, 0.15) is 11.5 Å². The largest absolute Gasteiger partial charge is 0.507 e. The number of aliphatic hydroxyl groups is 1. The Hall–Kier alpha value is -4.37. The number of aryl methyl sites for hydroxylation is 3. The number of methoxy groups -OCH3 is 2. The van der Waals surface area contributed by atoms with Crippen molar-refractivity contribution in [2.24, 2.45) is 0 Å². The molecule has 0 saturated carbocycles. The maximum absolute atomic E-state index is 13.7. The van der Waals surface area contributed by atoms with Gasteiger partial charge in [-0.3, -0.25) is 14.5 Å². The van der Waals surface area contributed by atoms with Crippen molar-refractivity contribution >= 4 is 44.1 Å². The first kappa shape index (κ1) is 27.2. The first-order valence-electron chi connectivity index (χ1n) is 12.8. The summed E-state index contributed by atoms with van der Waals surface area (Å²) >= 11 is 1.33. The van der Waals surface area contributed by atoms with Gasteiger partial charge in [-0.05, 0) is 86.3 Å². The Morgan fingerprint density at radius 1 is 0.950 bits per heavy atom. The van der Waals surface area contributed by atoms with Crippen LogP contribution < -0.4 is 19.1 Å². The quantitative estimate of drug-likeness (QED) is 0.162. The fraction of sp³-hybridized carbons (Fsp3) is 0.258. The molecule has 1 atom stereocenters. The van der Waals surface area contributed by atoms with E-state index in [0.717, 1.165) is 26.9 Å². The fourth-order valence-electron chi connectivity index (χ4n) is 5.12. The van der Waals surface area contributed by atoms with Crippen molar-refractivity contribution < 1.29 is 28.9 Å². The molecule has 1 saturated heterocycles. The molecule has 0 spiro atoms. The molecule has 4 aromatic rings. The Morgan fingerprint density at radius 3 is 2.35 bits per heavy atom. The number of aliphatic hydroxyl groups excluding tert-OH is 1. The van der Waals surface area contributed by atoms with Crippen LogP contribution in [0.5, 0.6) is 17.2 Å². The predicted octanol–water partition coefficient (Wildman–Crippen LogP) is 6.26. The third kappa shape index (κ3) is 4.56. The van der Waals surface area contributed by atoms with Crippen LogP contribution in [0.25, 0.3) is 16.0 Å². The Bertz CT molecular complexity index is 1690. The zero-order valence-electron chi connectivity index (χ0n) is 23.2. The number of thiazole rings is 1. The van der Waals surface area contributed by atoms with E-state index in [2.05, 4.69) is 0 Å². The van der Waals surface area contributed by atoms with Crippen LogP contribution in [0.3, 0.4) is 0 Å². The first-order chi connectivity index (χ1) is 19.2. The average Bonchev–Trinajstić information content (AvgIpc) is 3.47. The van der Waals surface area contributed by atoms with Crippen molar-refractivity contribution in [3.63, 3.8) is 0 Å². The van der Waals surface area contributed by atoms with Crippen molar-refractivity contribution in [1.82, 2.24) is 4.98 Å². The van der Waals surface area contributed by atoms with E-state index >= 15 is 0 Å². The van der Waals surface area contributed by atoms with Crippen LogP contribution in [-0.2, 0) is 9.59 Å². The molecule has 1 fully saturated rings. The molecule has 1 unspecified atom stereocenters. The molecule has 1 aliphatic heterocycles. The fourth-order valence-corrected chi connectivity index (χ4v) is 6.29. The summed E-state index contributed by atoms with van der Waals surface area (Å²) in [6.45, 7) is 8.12. The third-order valence-electron chi connectivity index (χ3n) is 6.94. The summed E-state index contributed by atoms with van der Waals surface area (Å²) in [6, 6.07) is 13.4. The molecule has 2 heterocycles. The second-order valence-electron chi connectivity index (χ2n) is 9.62. The summed E-state index contributed by atoms with van der Waals surface area (Å²) in [7, 11) is 3.09. The van der Waals surface area contributed by atoms with Crippen LogP contribution in [0.4, 0.5) is 5.13 Å². The molecular formula is C31H30N2O6S. The second kappa shape index (κ2) is 10.7. The first-order valence-corrected chi connectivity index (χ1v) is 13.6. The van der Waals surface area contributed by atoms with Gasteiger partial charge in [0.2, 0.25) is 0 Å². The zero-order valence-corrected chi connectivity index (χ0v) is 24.0.